The van der Waals surface area contributed by atoms with Crippen molar-refractivity contribution in [2.24, 2.45) is 17.3 Å². The molecule has 0 aliphatic rings. The molecule has 2 atom stereocenters. The normalized spacial score (nSPS) is 15.5. The molecule has 0 amide bonds. The highest BCUT2D eigenvalue weighted by molar-refractivity contribution is 4.72. The summed E-state index contributed by atoms with van der Waals surface area (Å²) in [5, 5.41) is 18.7. The van der Waals surface area contributed by atoms with Crippen LogP contribution in [0.1, 0.15) is 39.5 Å². The summed E-state index contributed by atoms with van der Waals surface area (Å²) in [7, 11) is 0. The molecule has 0 radical (unpaired) electrons. The van der Waals surface area contributed by atoms with Gasteiger partial charge < -0.3 is 29.2 Å². The predicted molar refractivity (Wildman–Crippen MR) is 119 cm³/mol. The van der Waals surface area contributed by atoms with Gasteiger partial charge in [-0.2, -0.15) is 26.3 Å². The molecule has 0 rings (SSSR count). The minimum atomic E-state index is -5.00. The number of aliphatic hydroxyl groups is 2. The number of alkyl halides is 10. The van der Waals surface area contributed by atoms with Gasteiger partial charge in [0, 0.05) is 30.1 Å². The predicted octanol–water partition coefficient (Wildman–Crippen LogP) is 5.25. The van der Waals surface area contributed by atoms with Gasteiger partial charge in [0.05, 0.1) is 66.1 Å². The topological polar surface area (TPSA) is 77.4 Å². The van der Waals surface area contributed by atoms with Crippen molar-refractivity contribution in [3.05, 3.63) is 0 Å². The van der Waals surface area contributed by atoms with Gasteiger partial charge in [-0.25, -0.2) is 17.6 Å². The van der Waals surface area contributed by atoms with E-state index in [1.807, 2.05) is 0 Å². The molecule has 0 aliphatic heterocycles. The molecule has 39 heavy (non-hydrogen) atoms. The maximum absolute atomic E-state index is 13.2. The molecule has 0 fully saturated rings. The number of aliphatic hydroxyl groups excluding tert-OH is 2. The summed E-state index contributed by atoms with van der Waals surface area (Å²) in [6.45, 7) is 1.13. The van der Waals surface area contributed by atoms with Gasteiger partial charge in [-0.15, -0.1) is 0 Å². The van der Waals surface area contributed by atoms with Crippen molar-refractivity contribution < 1.29 is 73.1 Å². The Labute approximate surface area is 220 Å². The molecule has 2 N–H and O–H groups in total. The molecule has 0 heterocycles. The molecule has 0 aliphatic carbocycles. The largest absolute Gasteiger partial charge is 0.396 e. The standard InChI is InChI=1S/C23H38F10O6/c1-19(2,15-38-11-17(7-34)9-36-5-3-20(24,25)13-22(28,29)30)16-39-12-18(8-35)10-37-6-4-21(26,27)14-23(31,32)33/h17-18,34-35H,3-16H2,1-2H3. The first-order chi connectivity index (χ1) is 17.7. The van der Waals surface area contributed by atoms with E-state index in [1.54, 1.807) is 13.8 Å². The van der Waals surface area contributed by atoms with Crippen molar-refractivity contribution in [2.75, 3.05) is 66.1 Å². The average molecular weight is 601 g/mol. The van der Waals surface area contributed by atoms with E-state index in [-0.39, 0.29) is 39.6 Å². The van der Waals surface area contributed by atoms with Crippen LogP contribution in [0, 0.1) is 17.3 Å². The van der Waals surface area contributed by atoms with Gasteiger partial charge in [-0.1, -0.05) is 13.8 Å². The molecule has 2 unspecified atom stereocenters. The van der Waals surface area contributed by atoms with Crippen LogP contribution in [-0.4, -0.2) is 100 Å². The third kappa shape index (κ3) is 22.4. The lowest BCUT2D eigenvalue weighted by atomic mass is 9.96. The highest BCUT2D eigenvalue weighted by atomic mass is 19.4. The fourth-order valence-corrected chi connectivity index (χ4v) is 3.06. The summed E-state index contributed by atoms with van der Waals surface area (Å²) in [4.78, 5) is 0. The molecule has 16 heteroatoms. The van der Waals surface area contributed by atoms with Gasteiger partial charge in [-0.05, 0) is 0 Å². The maximum atomic E-state index is 13.2. The summed E-state index contributed by atoms with van der Waals surface area (Å²) in [5.41, 5.74) is -0.582. The molecule has 0 saturated heterocycles. The number of ether oxygens (including phenoxy) is 4. The van der Waals surface area contributed by atoms with Crippen molar-refractivity contribution in [1.82, 2.24) is 0 Å². The number of hydrogen-bond acceptors (Lipinski definition) is 6. The van der Waals surface area contributed by atoms with Crippen LogP contribution in [0.15, 0.2) is 0 Å². The Bertz CT molecular complexity index is 592. The van der Waals surface area contributed by atoms with E-state index in [1.165, 1.54) is 0 Å². The Morgan fingerprint density at radius 2 is 0.846 bits per heavy atom. The number of hydrogen-bond donors (Lipinski definition) is 2. The molecule has 0 aromatic carbocycles. The van der Waals surface area contributed by atoms with Crippen LogP contribution in [0.4, 0.5) is 43.9 Å². The monoisotopic (exact) mass is 600 g/mol. The van der Waals surface area contributed by atoms with E-state index < -0.39 is 93.6 Å². The third-order valence-corrected chi connectivity index (χ3v) is 5.06. The van der Waals surface area contributed by atoms with E-state index in [0.29, 0.717) is 0 Å². The molecule has 0 aromatic rings. The van der Waals surface area contributed by atoms with Crippen LogP contribution in [0.5, 0.6) is 0 Å². The summed E-state index contributed by atoms with van der Waals surface area (Å²) < 4.78 is 147. The van der Waals surface area contributed by atoms with Crippen molar-refractivity contribution in [1.29, 1.82) is 0 Å². The van der Waals surface area contributed by atoms with Crippen LogP contribution >= 0.6 is 0 Å². The van der Waals surface area contributed by atoms with Gasteiger partial charge in [0.2, 0.25) is 0 Å². The maximum Gasteiger partial charge on any atom is 0.394 e. The van der Waals surface area contributed by atoms with Crippen molar-refractivity contribution in [3.63, 3.8) is 0 Å². The van der Waals surface area contributed by atoms with Gasteiger partial charge in [0.15, 0.2) is 0 Å². The summed E-state index contributed by atoms with van der Waals surface area (Å²) in [6.07, 6.45) is -16.7. The lowest BCUT2D eigenvalue weighted by molar-refractivity contribution is -0.193. The molecule has 0 aromatic heterocycles. The minimum Gasteiger partial charge on any atom is -0.396 e. The first kappa shape index (κ1) is 38.1. The second-order valence-corrected chi connectivity index (χ2v) is 10.2. The number of rotatable bonds is 22. The van der Waals surface area contributed by atoms with Gasteiger partial charge in [-0.3, -0.25) is 0 Å². The Kier molecular flexibility index (Phi) is 16.7. The summed E-state index contributed by atoms with van der Waals surface area (Å²) >= 11 is 0. The van der Waals surface area contributed by atoms with Crippen LogP contribution in [0.2, 0.25) is 0 Å². The highest BCUT2D eigenvalue weighted by Crippen LogP contribution is 2.34. The van der Waals surface area contributed by atoms with Gasteiger partial charge in [0.1, 0.15) is 12.8 Å². The van der Waals surface area contributed by atoms with Crippen LogP contribution in [-0.2, 0) is 18.9 Å². The molecule has 6 nitrogen and oxygen atoms in total. The van der Waals surface area contributed by atoms with Crippen LogP contribution in [0.3, 0.4) is 0 Å². The number of halogens is 10. The molecule has 0 bridgehead atoms. The molecular formula is C23H38F10O6. The zero-order chi connectivity index (χ0) is 30.4. The summed E-state index contributed by atoms with van der Waals surface area (Å²) in [5.74, 6) is -9.14. The lowest BCUT2D eigenvalue weighted by Crippen LogP contribution is -2.31. The van der Waals surface area contributed by atoms with Crippen molar-refractivity contribution in [3.8, 4) is 0 Å². The zero-order valence-electron chi connectivity index (χ0n) is 21.9. The molecule has 0 spiro atoms. The van der Waals surface area contributed by atoms with Crippen molar-refractivity contribution in [2.45, 2.75) is 63.7 Å². The Morgan fingerprint density at radius 1 is 0.538 bits per heavy atom. The second-order valence-electron chi connectivity index (χ2n) is 10.2. The molecule has 236 valence electrons. The fourth-order valence-electron chi connectivity index (χ4n) is 3.06. The van der Waals surface area contributed by atoms with E-state index in [9.17, 15) is 54.1 Å². The minimum absolute atomic E-state index is 0.0368. The van der Waals surface area contributed by atoms with Crippen molar-refractivity contribution >= 4 is 0 Å². The molecule has 0 saturated carbocycles. The second kappa shape index (κ2) is 17.1. The smallest absolute Gasteiger partial charge is 0.394 e. The fraction of sp³-hybridized carbons (Fsp3) is 1.00. The summed E-state index contributed by atoms with van der Waals surface area (Å²) in [6, 6.07) is 0. The van der Waals surface area contributed by atoms with E-state index >= 15 is 0 Å². The first-order valence-corrected chi connectivity index (χ1v) is 12.1. The lowest BCUT2D eigenvalue weighted by Gasteiger charge is -2.26. The SMILES string of the molecule is CC(C)(COCC(CO)COCCC(F)(F)CC(F)(F)F)COCC(CO)COCCC(F)(F)CC(F)(F)F. The van der Waals surface area contributed by atoms with Crippen LogP contribution in [0.25, 0.3) is 0 Å². The van der Waals surface area contributed by atoms with Gasteiger partial charge in [0.25, 0.3) is 11.8 Å². The van der Waals surface area contributed by atoms with Gasteiger partial charge >= 0.3 is 12.4 Å². The first-order valence-electron chi connectivity index (χ1n) is 12.1. The highest BCUT2D eigenvalue weighted by Gasteiger charge is 2.44. The van der Waals surface area contributed by atoms with E-state index in [2.05, 4.69) is 0 Å². The average Bonchev–Trinajstić information content (AvgIpc) is 2.73. The quantitative estimate of drug-likeness (QED) is 0.131. The third-order valence-electron chi connectivity index (χ3n) is 5.06. The molecular weight excluding hydrogens is 562 g/mol. The van der Waals surface area contributed by atoms with Crippen LogP contribution < -0.4 is 0 Å². The zero-order valence-corrected chi connectivity index (χ0v) is 21.9. The Morgan fingerprint density at radius 3 is 1.13 bits per heavy atom. The Hall–Kier alpha value is -0.940. The van der Waals surface area contributed by atoms with E-state index in [0.717, 1.165) is 0 Å². The Balaban J connectivity index is 4.20. The van der Waals surface area contributed by atoms with E-state index in [4.69, 9.17) is 18.9 Å².